The molecule has 0 aliphatic heterocycles. The van der Waals surface area contributed by atoms with Crippen LogP contribution >= 0.6 is 0 Å². The van der Waals surface area contributed by atoms with E-state index >= 15 is 0 Å². The van der Waals surface area contributed by atoms with Crippen LogP contribution in [0.4, 0.5) is 0 Å². The number of unbranched alkanes of at least 4 members (excludes halogenated alkanes) is 14. The lowest BCUT2D eigenvalue weighted by atomic mass is 10.0. The Morgan fingerprint density at radius 1 is 0.321 bits per heavy atom. The molecule has 0 saturated carbocycles. The quantitative estimate of drug-likeness (QED) is 0.152. The van der Waals surface area contributed by atoms with Crippen molar-refractivity contribution in [2.75, 3.05) is 26.2 Å². The van der Waals surface area contributed by atoms with E-state index in [9.17, 15) is 0 Å². The molecule has 0 aromatic rings. The average Bonchev–Trinajstić information content (AvgIpc) is 2.69. The first-order valence-electron chi connectivity index (χ1n) is 13.1. The number of nitrogens with zero attached hydrogens (tertiary/aromatic N) is 1. The molecule has 28 heavy (non-hydrogen) atoms. The SMILES string of the molecule is CCCCCCCCCCCCCC[N+](CCCC)(CCCC)CCCC.[Cl-]. The Labute approximate surface area is 186 Å². The molecule has 0 saturated heterocycles. The van der Waals surface area contributed by atoms with Gasteiger partial charge in [0.2, 0.25) is 0 Å². The summed E-state index contributed by atoms with van der Waals surface area (Å²) >= 11 is 0. The molecule has 1 nitrogen and oxygen atoms in total. The largest absolute Gasteiger partial charge is 1.00 e. The molecule has 0 rings (SSSR count). The topological polar surface area (TPSA) is 0 Å². The maximum absolute atomic E-state index is 2.36. The zero-order valence-electron chi connectivity index (χ0n) is 20.4. The molecule has 2 heteroatoms. The van der Waals surface area contributed by atoms with Gasteiger partial charge in [-0.05, 0) is 32.1 Å². The van der Waals surface area contributed by atoms with Crippen LogP contribution in [0.5, 0.6) is 0 Å². The summed E-state index contributed by atoms with van der Waals surface area (Å²) in [6.07, 6.45) is 25.9. The summed E-state index contributed by atoms with van der Waals surface area (Å²) in [7, 11) is 0. The van der Waals surface area contributed by atoms with Crippen molar-refractivity contribution in [1.82, 2.24) is 0 Å². The van der Waals surface area contributed by atoms with E-state index < -0.39 is 0 Å². The highest BCUT2D eigenvalue weighted by Crippen LogP contribution is 2.18. The van der Waals surface area contributed by atoms with Crippen LogP contribution in [0, 0.1) is 0 Å². The Kier molecular flexibility index (Phi) is 25.6. The maximum atomic E-state index is 2.36. The molecule has 0 spiro atoms. The Hall–Kier alpha value is 0.250. The summed E-state index contributed by atoms with van der Waals surface area (Å²) < 4.78 is 1.44. The molecule has 0 atom stereocenters. The smallest absolute Gasteiger partial charge is 0.0786 e. The third kappa shape index (κ3) is 18.3. The minimum Gasteiger partial charge on any atom is -1.00 e. The molecule has 0 heterocycles. The summed E-state index contributed by atoms with van der Waals surface area (Å²) in [5.74, 6) is 0. The second kappa shape index (κ2) is 23.5. The Morgan fingerprint density at radius 2 is 0.571 bits per heavy atom. The van der Waals surface area contributed by atoms with Crippen molar-refractivity contribution in [3.63, 3.8) is 0 Å². The van der Waals surface area contributed by atoms with Gasteiger partial charge in [-0.1, -0.05) is 111 Å². The lowest BCUT2D eigenvalue weighted by Gasteiger charge is -2.39. The van der Waals surface area contributed by atoms with Crippen LogP contribution in [0.3, 0.4) is 0 Å². The van der Waals surface area contributed by atoms with Gasteiger partial charge < -0.3 is 16.9 Å². The molecule has 0 fully saturated rings. The Bertz CT molecular complexity index is 258. The highest BCUT2D eigenvalue weighted by molar-refractivity contribution is 4.52. The van der Waals surface area contributed by atoms with E-state index in [1.807, 2.05) is 0 Å². The fraction of sp³-hybridized carbons (Fsp3) is 1.00. The van der Waals surface area contributed by atoms with Crippen molar-refractivity contribution in [2.24, 2.45) is 0 Å². The van der Waals surface area contributed by atoms with Gasteiger partial charge in [0.05, 0.1) is 26.2 Å². The van der Waals surface area contributed by atoms with Crippen LogP contribution in [-0.4, -0.2) is 30.7 Å². The molecule has 172 valence electrons. The van der Waals surface area contributed by atoms with Crippen molar-refractivity contribution in [3.05, 3.63) is 0 Å². The van der Waals surface area contributed by atoms with Crippen molar-refractivity contribution in [1.29, 1.82) is 0 Å². The van der Waals surface area contributed by atoms with Crippen molar-refractivity contribution in [2.45, 2.75) is 143 Å². The van der Waals surface area contributed by atoms with Crippen LogP contribution in [0.25, 0.3) is 0 Å². The second-order valence-corrected chi connectivity index (χ2v) is 9.19. The van der Waals surface area contributed by atoms with Gasteiger partial charge in [0.1, 0.15) is 0 Å². The van der Waals surface area contributed by atoms with Crippen LogP contribution in [-0.2, 0) is 0 Å². The van der Waals surface area contributed by atoms with E-state index in [4.69, 9.17) is 0 Å². The molecule has 0 unspecified atom stereocenters. The number of halogens is 1. The third-order valence-electron chi connectivity index (χ3n) is 6.44. The number of rotatable bonds is 22. The molecule has 0 bridgehead atoms. The zero-order chi connectivity index (χ0) is 20.1. The molecular weight excluding hydrogens is 362 g/mol. The van der Waals surface area contributed by atoms with Gasteiger partial charge in [0.15, 0.2) is 0 Å². The van der Waals surface area contributed by atoms with E-state index in [0.29, 0.717) is 0 Å². The molecule has 0 aliphatic rings. The zero-order valence-corrected chi connectivity index (χ0v) is 21.1. The summed E-state index contributed by atoms with van der Waals surface area (Å²) in [5.41, 5.74) is 0. The van der Waals surface area contributed by atoms with Crippen molar-refractivity contribution < 1.29 is 16.9 Å². The predicted molar refractivity (Wildman–Crippen MR) is 126 cm³/mol. The lowest BCUT2D eigenvalue weighted by Crippen LogP contribution is -3.00. The fourth-order valence-corrected chi connectivity index (χ4v) is 4.44. The average molecular weight is 418 g/mol. The molecule has 0 aromatic carbocycles. The first-order valence-corrected chi connectivity index (χ1v) is 13.1. The van der Waals surface area contributed by atoms with Crippen LogP contribution in [0.2, 0.25) is 0 Å². The first-order chi connectivity index (χ1) is 13.2. The van der Waals surface area contributed by atoms with Gasteiger partial charge in [-0.3, -0.25) is 0 Å². The third-order valence-corrected chi connectivity index (χ3v) is 6.44. The molecule has 0 radical (unpaired) electrons. The van der Waals surface area contributed by atoms with Gasteiger partial charge in [-0.2, -0.15) is 0 Å². The standard InChI is InChI=1S/C26H56N.ClH/c1-5-9-13-14-15-16-17-18-19-20-21-22-26-27(23-10-6-2,24-11-7-3)25-12-8-4;/h5-26H2,1-4H3;1H/q+1;/p-1. The summed E-state index contributed by atoms with van der Waals surface area (Å²) in [6.45, 7) is 15.2. The van der Waals surface area contributed by atoms with Gasteiger partial charge in [0, 0.05) is 0 Å². The molecule has 0 amide bonds. The van der Waals surface area contributed by atoms with E-state index in [1.165, 1.54) is 146 Å². The Balaban J connectivity index is 0. The normalized spacial score (nSPS) is 11.6. The summed E-state index contributed by atoms with van der Waals surface area (Å²) in [5, 5.41) is 0. The van der Waals surface area contributed by atoms with Crippen LogP contribution < -0.4 is 12.4 Å². The van der Waals surface area contributed by atoms with Crippen molar-refractivity contribution >= 4 is 0 Å². The number of hydrogen-bond acceptors (Lipinski definition) is 0. The van der Waals surface area contributed by atoms with E-state index in [2.05, 4.69) is 27.7 Å². The van der Waals surface area contributed by atoms with Gasteiger partial charge in [-0.25, -0.2) is 0 Å². The maximum Gasteiger partial charge on any atom is 0.0786 e. The number of hydrogen-bond donors (Lipinski definition) is 0. The molecule has 0 aliphatic carbocycles. The van der Waals surface area contributed by atoms with Gasteiger partial charge in [0.25, 0.3) is 0 Å². The first kappa shape index (κ1) is 30.4. The van der Waals surface area contributed by atoms with E-state index in [0.717, 1.165) is 0 Å². The monoisotopic (exact) mass is 417 g/mol. The Morgan fingerprint density at radius 3 is 0.893 bits per heavy atom. The second-order valence-electron chi connectivity index (χ2n) is 9.19. The highest BCUT2D eigenvalue weighted by Gasteiger charge is 2.24. The summed E-state index contributed by atoms with van der Waals surface area (Å²) in [4.78, 5) is 0. The molecular formula is C26H56ClN. The van der Waals surface area contributed by atoms with Crippen LogP contribution in [0.15, 0.2) is 0 Å². The lowest BCUT2D eigenvalue weighted by molar-refractivity contribution is -0.929. The number of quaternary nitrogens is 1. The molecule has 0 aromatic heterocycles. The minimum atomic E-state index is 0. The van der Waals surface area contributed by atoms with E-state index in [-0.39, 0.29) is 12.4 Å². The van der Waals surface area contributed by atoms with E-state index in [1.54, 1.807) is 0 Å². The summed E-state index contributed by atoms with van der Waals surface area (Å²) in [6, 6.07) is 0. The van der Waals surface area contributed by atoms with Crippen molar-refractivity contribution in [3.8, 4) is 0 Å². The van der Waals surface area contributed by atoms with Gasteiger partial charge in [-0.15, -0.1) is 0 Å². The molecule has 0 N–H and O–H groups in total. The van der Waals surface area contributed by atoms with Crippen LogP contribution in [0.1, 0.15) is 143 Å². The predicted octanol–water partition coefficient (Wildman–Crippen LogP) is 5.91. The highest BCUT2D eigenvalue weighted by atomic mass is 35.5. The minimum absolute atomic E-state index is 0. The van der Waals surface area contributed by atoms with Gasteiger partial charge >= 0.3 is 0 Å². The fourth-order valence-electron chi connectivity index (χ4n) is 4.44.